The van der Waals surface area contributed by atoms with E-state index >= 15 is 0 Å². The highest BCUT2D eigenvalue weighted by atomic mass is 35.5. The van der Waals surface area contributed by atoms with Gasteiger partial charge in [-0.2, -0.15) is 5.10 Å². The monoisotopic (exact) mass is 435 g/mol. The molecule has 1 unspecified atom stereocenters. The lowest BCUT2D eigenvalue weighted by Crippen LogP contribution is -2.26. The molecule has 150 valence electrons. The zero-order chi connectivity index (χ0) is 20.8. The van der Waals surface area contributed by atoms with Crippen molar-refractivity contribution in [1.82, 2.24) is 5.32 Å². The van der Waals surface area contributed by atoms with Crippen molar-refractivity contribution in [1.29, 1.82) is 0 Å². The average Bonchev–Trinajstić information content (AvgIpc) is 3.01. The molecule has 10 heteroatoms. The summed E-state index contributed by atoms with van der Waals surface area (Å²) in [7, 11) is 0. The van der Waals surface area contributed by atoms with Gasteiger partial charge in [0, 0.05) is 11.1 Å². The van der Waals surface area contributed by atoms with Crippen molar-refractivity contribution < 1.29 is 23.8 Å². The number of ether oxygens (including phenoxy) is 1. The van der Waals surface area contributed by atoms with Crippen LogP contribution in [0.15, 0.2) is 52.7 Å². The number of benzene rings is 2. The summed E-state index contributed by atoms with van der Waals surface area (Å²) in [4.78, 5) is 22.4. The maximum atomic E-state index is 13.9. The maximum absolute atomic E-state index is 13.9. The van der Waals surface area contributed by atoms with Crippen molar-refractivity contribution in [3.63, 3.8) is 0 Å². The van der Waals surface area contributed by atoms with Crippen LogP contribution in [-0.4, -0.2) is 33.6 Å². The number of nitrogens with one attached hydrogen (secondary N) is 1. The fraction of sp³-hybridized carbons (Fsp3) is 0.158. The molecule has 1 heterocycles. The van der Waals surface area contributed by atoms with Crippen LogP contribution in [0.5, 0.6) is 5.75 Å². The number of thioether (sulfide) groups is 1. The van der Waals surface area contributed by atoms with E-state index in [-0.39, 0.29) is 28.8 Å². The van der Waals surface area contributed by atoms with Crippen LogP contribution in [0.3, 0.4) is 0 Å². The van der Waals surface area contributed by atoms with Crippen molar-refractivity contribution >= 4 is 46.6 Å². The van der Waals surface area contributed by atoms with Gasteiger partial charge in [0.1, 0.15) is 23.4 Å². The third kappa shape index (κ3) is 5.55. The van der Waals surface area contributed by atoms with Gasteiger partial charge in [-0.25, -0.2) is 4.39 Å². The van der Waals surface area contributed by atoms with E-state index in [2.05, 4.69) is 15.5 Å². The molecule has 0 saturated carbocycles. The largest absolute Gasteiger partial charge is 0.488 e. The molecule has 1 atom stereocenters. The minimum absolute atomic E-state index is 0.0618. The molecule has 0 aromatic heterocycles. The lowest BCUT2D eigenvalue weighted by molar-refractivity contribution is -0.138. The fourth-order valence-electron chi connectivity index (χ4n) is 2.43. The maximum Gasteiger partial charge on any atom is 0.305 e. The van der Waals surface area contributed by atoms with Crippen LogP contribution >= 0.6 is 23.4 Å². The molecular formula is C19H15ClFN3O4S. The Bertz CT molecular complexity index is 979. The van der Waals surface area contributed by atoms with Crippen molar-refractivity contribution in [3.8, 4) is 5.75 Å². The second-order valence-electron chi connectivity index (χ2n) is 5.87. The van der Waals surface area contributed by atoms with Crippen molar-refractivity contribution in [2.75, 3.05) is 0 Å². The normalized spacial score (nSPS) is 17.7. The Labute approximate surface area is 174 Å². The number of para-hydroxylation sites is 1. The summed E-state index contributed by atoms with van der Waals surface area (Å²) in [6.07, 6.45) is 1.12. The third-order valence-electron chi connectivity index (χ3n) is 3.83. The standard InChI is InChI=1S/C19H15ClFN3O4S/c20-13-5-3-6-14(21)12(13)10-28-15-7-2-1-4-11(15)9-22-24-19-23-18(27)16(29-19)8-17(25)26/h1-7,9,16H,8,10H2,(H,25,26)(H,23,24,27). The highest BCUT2D eigenvalue weighted by molar-refractivity contribution is 8.15. The van der Waals surface area contributed by atoms with Gasteiger partial charge in [0.05, 0.1) is 17.7 Å². The van der Waals surface area contributed by atoms with E-state index in [1.165, 1.54) is 18.3 Å². The number of hydrogen-bond acceptors (Lipinski definition) is 6. The number of carbonyl (C=O) groups is 2. The predicted molar refractivity (Wildman–Crippen MR) is 109 cm³/mol. The topological polar surface area (TPSA) is 100 Å². The lowest BCUT2D eigenvalue weighted by atomic mass is 10.2. The van der Waals surface area contributed by atoms with Crippen molar-refractivity contribution in [3.05, 3.63) is 64.4 Å². The highest BCUT2D eigenvalue weighted by Crippen LogP contribution is 2.24. The first-order chi connectivity index (χ1) is 13.9. The molecule has 1 fully saturated rings. The minimum atomic E-state index is -1.07. The highest BCUT2D eigenvalue weighted by Gasteiger charge is 2.32. The Morgan fingerprint density at radius 3 is 2.86 bits per heavy atom. The number of halogens is 2. The van der Waals surface area contributed by atoms with E-state index in [0.717, 1.165) is 11.8 Å². The summed E-state index contributed by atoms with van der Waals surface area (Å²) in [6.45, 7) is -0.0618. The lowest BCUT2D eigenvalue weighted by Gasteiger charge is -2.10. The molecule has 3 rings (SSSR count). The van der Waals surface area contributed by atoms with Gasteiger partial charge in [0.2, 0.25) is 5.91 Å². The molecular weight excluding hydrogens is 421 g/mol. The van der Waals surface area contributed by atoms with Gasteiger partial charge < -0.3 is 15.2 Å². The first kappa shape index (κ1) is 20.8. The van der Waals surface area contributed by atoms with Gasteiger partial charge in [-0.1, -0.05) is 41.6 Å². The third-order valence-corrected chi connectivity index (χ3v) is 5.26. The van der Waals surface area contributed by atoms with Gasteiger partial charge in [-0.3, -0.25) is 9.59 Å². The number of nitrogens with zero attached hydrogens (tertiary/aromatic N) is 2. The zero-order valence-electron chi connectivity index (χ0n) is 14.8. The molecule has 2 aromatic carbocycles. The van der Waals surface area contributed by atoms with E-state index in [9.17, 15) is 14.0 Å². The fourth-order valence-corrected chi connectivity index (χ4v) is 3.56. The summed E-state index contributed by atoms with van der Waals surface area (Å²) in [5.74, 6) is -1.50. The number of amidine groups is 1. The van der Waals surface area contributed by atoms with Gasteiger partial charge in [-0.15, -0.1) is 5.10 Å². The van der Waals surface area contributed by atoms with Crippen LogP contribution in [0, 0.1) is 5.82 Å². The molecule has 2 N–H and O–H groups in total. The Hall–Kier alpha value is -2.91. The summed E-state index contributed by atoms with van der Waals surface area (Å²) in [6, 6.07) is 11.4. The van der Waals surface area contributed by atoms with Gasteiger partial charge in [-0.05, 0) is 24.3 Å². The van der Waals surface area contributed by atoms with Crippen LogP contribution in [0.2, 0.25) is 5.02 Å². The Balaban J connectivity index is 1.68. The second kappa shape index (κ2) is 9.53. The van der Waals surface area contributed by atoms with E-state index in [1.807, 2.05) is 0 Å². The molecule has 29 heavy (non-hydrogen) atoms. The summed E-state index contributed by atoms with van der Waals surface area (Å²) in [5.41, 5.74) is 0.830. The number of amides is 1. The minimum Gasteiger partial charge on any atom is -0.488 e. The summed E-state index contributed by atoms with van der Waals surface area (Å²) in [5, 5.41) is 18.8. The average molecular weight is 436 g/mol. The summed E-state index contributed by atoms with van der Waals surface area (Å²) < 4.78 is 19.6. The van der Waals surface area contributed by atoms with Crippen molar-refractivity contribution in [2.45, 2.75) is 18.3 Å². The van der Waals surface area contributed by atoms with Crippen LogP contribution < -0.4 is 10.1 Å². The number of carboxylic acids is 1. The molecule has 1 aliphatic rings. The first-order valence-electron chi connectivity index (χ1n) is 8.39. The van der Waals surface area contributed by atoms with Crippen LogP contribution in [0.25, 0.3) is 0 Å². The molecule has 1 saturated heterocycles. The Morgan fingerprint density at radius 2 is 2.10 bits per heavy atom. The zero-order valence-corrected chi connectivity index (χ0v) is 16.4. The molecule has 0 aliphatic carbocycles. The smallest absolute Gasteiger partial charge is 0.305 e. The number of hydrogen-bond donors (Lipinski definition) is 2. The van der Waals surface area contributed by atoms with E-state index in [4.69, 9.17) is 21.4 Å². The van der Waals surface area contributed by atoms with Gasteiger partial charge in [0.25, 0.3) is 0 Å². The van der Waals surface area contributed by atoms with E-state index in [0.29, 0.717) is 11.3 Å². The molecule has 1 aliphatic heterocycles. The molecule has 2 aromatic rings. The second-order valence-corrected chi connectivity index (χ2v) is 7.47. The van der Waals surface area contributed by atoms with Gasteiger partial charge in [0.15, 0.2) is 5.17 Å². The molecule has 0 spiro atoms. The predicted octanol–water partition coefficient (Wildman–Crippen LogP) is 3.45. The van der Waals surface area contributed by atoms with Crippen LogP contribution in [0.4, 0.5) is 4.39 Å². The van der Waals surface area contributed by atoms with Gasteiger partial charge >= 0.3 is 5.97 Å². The molecule has 0 radical (unpaired) electrons. The quantitative estimate of drug-likeness (QED) is 0.512. The summed E-state index contributed by atoms with van der Waals surface area (Å²) >= 11 is 7.01. The van der Waals surface area contributed by atoms with E-state index in [1.54, 1.807) is 30.3 Å². The van der Waals surface area contributed by atoms with E-state index < -0.39 is 22.9 Å². The Morgan fingerprint density at radius 1 is 1.31 bits per heavy atom. The number of carboxylic acid groups (broad SMARTS) is 1. The number of rotatable bonds is 7. The number of aliphatic carboxylic acids is 1. The number of carbonyl (C=O) groups excluding carboxylic acids is 1. The first-order valence-corrected chi connectivity index (χ1v) is 9.65. The SMILES string of the molecule is O=C(O)CC1SC(=NN=Cc2ccccc2OCc2c(F)cccc2Cl)NC1=O. The van der Waals surface area contributed by atoms with Crippen LogP contribution in [0.1, 0.15) is 17.5 Å². The molecule has 0 bridgehead atoms. The van der Waals surface area contributed by atoms with Crippen molar-refractivity contribution in [2.24, 2.45) is 10.2 Å². The molecule has 7 nitrogen and oxygen atoms in total. The van der Waals surface area contributed by atoms with Crippen LogP contribution in [-0.2, 0) is 16.2 Å². The Kier molecular flexibility index (Phi) is 6.84. The molecule has 1 amide bonds.